The van der Waals surface area contributed by atoms with Crippen LogP contribution in [0, 0.1) is 5.92 Å². The number of rotatable bonds is 3. The Hall–Kier alpha value is -2.03. The van der Waals surface area contributed by atoms with Gasteiger partial charge in [0.1, 0.15) is 5.69 Å². The summed E-state index contributed by atoms with van der Waals surface area (Å²) in [7, 11) is 0. The van der Waals surface area contributed by atoms with Crippen LogP contribution in [-0.4, -0.2) is 15.8 Å². The quantitative estimate of drug-likeness (QED) is 0.785. The van der Waals surface area contributed by atoms with Crippen molar-refractivity contribution in [2.75, 3.05) is 0 Å². The summed E-state index contributed by atoms with van der Waals surface area (Å²) in [6, 6.07) is 11.3. The van der Waals surface area contributed by atoms with Gasteiger partial charge < -0.3 is 0 Å². The minimum atomic E-state index is 0.173. The summed E-state index contributed by atoms with van der Waals surface area (Å²) >= 11 is 0. The third-order valence-electron chi connectivity index (χ3n) is 3.65. The number of aromatic nitrogens is 2. The van der Waals surface area contributed by atoms with Gasteiger partial charge in [0.25, 0.3) is 0 Å². The Morgan fingerprint density at radius 2 is 1.79 bits per heavy atom. The maximum atomic E-state index is 12.3. The molecule has 0 aromatic carbocycles. The molecule has 0 radical (unpaired) electrons. The Labute approximate surface area is 112 Å². The maximum Gasteiger partial charge on any atom is 0.184 e. The Kier molecular flexibility index (Phi) is 3.36. The van der Waals surface area contributed by atoms with Crippen molar-refractivity contribution in [3.8, 4) is 11.4 Å². The molecule has 1 saturated carbocycles. The molecule has 0 atom stereocenters. The van der Waals surface area contributed by atoms with Gasteiger partial charge in [-0.3, -0.25) is 9.78 Å². The van der Waals surface area contributed by atoms with Gasteiger partial charge >= 0.3 is 0 Å². The summed E-state index contributed by atoms with van der Waals surface area (Å²) in [5, 5.41) is 0. The molecule has 19 heavy (non-hydrogen) atoms. The topological polar surface area (TPSA) is 42.9 Å². The van der Waals surface area contributed by atoms with Crippen molar-refractivity contribution in [3.05, 3.63) is 48.3 Å². The zero-order chi connectivity index (χ0) is 13.1. The van der Waals surface area contributed by atoms with Crippen LogP contribution in [0.15, 0.2) is 42.6 Å². The molecule has 0 unspecified atom stereocenters. The Bertz CT molecular complexity index is 574. The molecule has 0 amide bonds. The van der Waals surface area contributed by atoms with E-state index in [4.69, 9.17) is 0 Å². The smallest absolute Gasteiger partial charge is 0.184 e. The van der Waals surface area contributed by atoms with Crippen molar-refractivity contribution in [2.24, 2.45) is 5.92 Å². The van der Waals surface area contributed by atoms with Crippen molar-refractivity contribution >= 4 is 5.78 Å². The van der Waals surface area contributed by atoms with E-state index in [1.165, 1.54) is 0 Å². The molecule has 1 aliphatic rings. The van der Waals surface area contributed by atoms with E-state index in [1.54, 1.807) is 6.20 Å². The fourth-order valence-corrected chi connectivity index (χ4v) is 2.63. The number of hydrogen-bond acceptors (Lipinski definition) is 3. The van der Waals surface area contributed by atoms with E-state index in [1.807, 2.05) is 36.4 Å². The van der Waals surface area contributed by atoms with Crippen molar-refractivity contribution < 1.29 is 4.79 Å². The number of Topliss-reactive ketones (excluding diaryl/α,β-unsaturated/α-hetero) is 1. The van der Waals surface area contributed by atoms with Gasteiger partial charge in [-0.1, -0.05) is 25.0 Å². The predicted molar refractivity (Wildman–Crippen MR) is 73.8 cm³/mol. The number of carbonyl (C=O) groups excluding carboxylic acids is 1. The average molecular weight is 252 g/mol. The monoisotopic (exact) mass is 252 g/mol. The SMILES string of the molecule is O=C(c1cccc(-c2ccccn2)n1)C1CCCC1. The van der Waals surface area contributed by atoms with Crippen molar-refractivity contribution in [1.29, 1.82) is 0 Å². The van der Waals surface area contributed by atoms with Crippen molar-refractivity contribution in [2.45, 2.75) is 25.7 Å². The molecule has 0 bridgehead atoms. The zero-order valence-corrected chi connectivity index (χ0v) is 10.7. The molecule has 0 spiro atoms. The van der Waals surface area contributed by atoms with Gasteiger partial charge in [-0.05, 0) is 37.1 Å². The molecule has 2 aromatic heterocycles. The molecule has 1 aliphatic carbocycles. The zero-order valence-electron chi connectivity index (χ0n) is 10.7. The van der Waals surface area contributed by atoms with E-state index in [0.29, 0.717) is 5.69 Å². The number of pyridine rings is 2. The minimum absolute atomic E-state index is 0.173. The minimum Gasteiger partial charge on any atom is -0.292 e. The molecule has 2 heterocycles. The van der Waals surface area contributed by atoms with E-state index in [-0.39, 0.29) is 11.7 Å². The third kappa shape index (κ3) is 2.55. The van der Waals surface area contributed by atoms with E-state index in [9.17, 15) is 4.79 Å². The fraction of sp³-hybridized carbons (Fsp3) is 0.312. The lowest BCUT2D eigenvalue weighted by atomic mass is 9.99. The van der Waals surface area contributed by atoms with Gasteiger partial charge in [-0.2, -0.15) is 0 Å². The van der Waals surface area contributed by atoms with E-state index in [2.05, 4.69) is 9.97 Å². The average Bonchev–Trinajstić information content (AvgIpc) is 3.02. The third-order valence-corrected chi connectivity index (χ3v) is 3.65. The summed E-state index contributed by atoms with van der Waals surface area (Å²) in [5.74, 6) is 0.363. The molecule has 96 valence electrons. The van der Waals surface area contributed by atoms with Gasteiger partial charge in [0, 0.05) is 12.1 Å². The van der Waals surface area contributed by atoms with Crippen LogP contribution in [0.2, 0.25) is 0 Å². The first kappa shape index (κ1) is 12.0. The standard InChI is InChI=1S/C16H16N2O/c19-16(12-6-1-2-7-12)15-10-5-9-14(18-15)13-8-3-4-11-17-13/h3-5,8-12H,1-2,6-7H2. The van der Waals surface area contributed by atoms with Gasteiger partial charge in [0.05, 0.1) is 11.4 Å². The highest BCUT2D eigenvalue weighted by Gasteiger charge is 2.24. The molecule has 1 fully saturated rings. The second-order valence-electron chi connectivity index (χ2n) is 4.97. The van der Waals surface area contributed by atoms with Crippen molar-refractivity contribution in [3.63, 3.8) is 0 Å². The Morgan fingerprint density at radius 1 is 1.00 bits per heavy atom. The first-order chi connectivity index (χ1) is 9.34. The Balaban J connectivity index is 1.89. The van der Waals surface area contributed by atoms with Crippen LogP contribution in [0.25, 0.3) is 11.4 Å². The van der Waals surface area contributed by atoms with Gasteiger partial charge in [0.15, 0.2) is 5.78 Å². The highest BCUT2D eigenvalue weighted by Crippen LogP contribution is 2.28. The van der Waals surface area contributed by atoms with E-state index < -0.39 is 0 Å². The number of ketones is 1. The second kappa shape index (κ2) is 5.31. The molecule has 3 nitrogen and oxygen atoms in total. The lowest BCUT2D eigenvalue weighted by Crippen LogP contribution is -2.13. The van der Waals surface area contributed by atoms with Gasteiger partial charge in [-0.25, -0.2) is 4.98 Å². The number of nitrogens with zero attached hydrogens (tertiary/aromatic N) is 2. The molecule has 0 N–H and O–H groups in total. The Morgan fingerprint density at radius 3 is 2.53 bits per heavy atom. The molecule has 0 saturated heterocycles. The van der Waals surface area contributed by atoms with E-state index in [0.717, 1.165) is 37.1 Å². The molecule has 2 aromatic rings. The molecule has 0 aliphatic heterocycles. The highest BCUT2D eigenvalue weighted by atomic mass is 16.1. The summed E-state index contributed by atoms with van der Waals surface area (Å²) < 4.78 is 0. The summed E-state index contributed by atoms with van der Waals surface area (Å²) in [5.41, 5.74) is 2.16. The van der Waals surface area contributed by atoms with Crippen LogP contribution in [-0.2, 0) is 0 Å². The molecular weight excluding hydrogens is 236 g/mol. The van der Waals surface area contributed by atoms with Crippen LogP contribution in [0.3, 0.4) is 0 Å². The molecular formula is C16H16N2O. The number of carbonyl (C=O) groups is 1. The van der Waals surface area contributed by atoms with E-state index >= 15 is 0 Å². The normalized spacial score (nSPS) is 15.6. The molecule has 3 heteroatoms. The van der Waals surface area contributed by atoms with Crippen molar-refractivity contribution in [1.82, 2.24) is 9.97 Å². The molecule has 3 rings (SSSR count). The second-order valence-corrected chi connectivity index (χ2v) is 4.97. The predicted octanol–water partition coefficient (Wildman–Crippen LogP) is 3.52. The summed E-state index contributed by atoms with van der Waals surface area (Å²) in [6.07, 6.45) is 6.08. The van der Waals surface area contributed by atoms with Crippen LogP contribution >= 0.6 is 0 Å². The highest BCUT2D eigenvalue weighted by molar-refractivity contribution is 5.96. The number of hydrogen-bond donors (Lipinski definition) is 0. The largest absolute Gasteiger partial charge is 0.292 e. The lowest BCUT2D eigenvalue weighted by molar-refractivity contribution is 0.0918. The fourth-order valence-electron chi connectivity index (χ4n) is 2.63. The van der Waals surface area contributed by atoms with Crippen LogP contribution in [0.5, 0.6) is 0 Å². The van der Waals surface area contributed by atoms with Crippen LogP contribution in [0.4, 0.5) is 0 Å². The maximum absolute atomic E-state index is 12.3. The summed E-state index contributed by atoms with van der Waals surface area (Å²) in [4.78, 5) is 21.1. The van der Waals surface area contributed by atoms with Gasteiger partial charge in [-0.15, -0.1) is 0 Å². The first-order valence-electron chi connectivity index (χ1n) is 6.77. The van der Waals surface area contributed by atoms with Crippen LogP contribution < -0.4 is 0 Å². The summed E-state index contributed by atoms with van der Waals surface area (Å²) in [6.45, 7) is 0. The van der Waals surface area contributed by atoms with Crippen LogP contribution in [0.1, 0.15) is 36.2 Å². The lowest BCUT2D eigenvalue weighted by Gasteiger charge is -2.08. The first-order valence-corrected chi connectivity index (χ1v) is 6.77. The van der Waals surface area contributed by atoms with Gasteiger partial charge in [0.2, 0.25) is 0 Å².